The summed E-state index contributed by atoms with van der Waals surface area (Å²) < 4.78 is 9.15. The van der Waals surface area contributed by atoms with Crippen LogP contribution in [0.15, 0.2) is 170 Å². The Hall–Kier alpha value is -6.42. The average Bonchev–Trinajstić information content (AvgIpc) is 3.85. The second-order valence-electron chi connectivity index (χ2n) is 19.5. The Bertz CT molecular complexity index is 3180. The second kappa shape index (κ2) is 16.9. The molecule has 328 valence electrons. The summed E-state index contributed by atoms with van der Waals surface area (Å²) in [4.78, 5) is 9.46. The van der Waals surface area contributed by atoms with Crippen LogP contribution in [0, 0.1) is 18.8 Å². The molecule has 7 aromatic carbocycles. The van der Waals surface area contributed by atoms with E-state index in [0.29, 0.717) is 11.5 Å². The molecule has 3 heterocycles. The number of aromatic nitrogens is 2. The molecule has 0 spiro atoms. The summed E-state index contributed by atoms with van der Waals surface area (Å²) in [7, 11) is 0. The molecule has 0 N–H and O–H groups in total. The molecule has 9 aromatic rings. The minimum Gasteiger partial charge on any atom is -0.509 e. The van der Waals surface area contributed by atoms with E-state index in [1.807, 2.05) is 12.3 Å². The van der Waals surface area contributed by atoms with Crippen LogP contribution in [0.3, 0.4) is 0 Å². The minimum atomic E-state index is -0.363. The Balaban J connectivity index is 0.00000533. The zero-order valence-corrected chi connectivity index (χ0v) is 40.5. The number of hydrogen-bond donors (Lipinski definition) is 0. The molecule has 1 aliphatic rings. The molecule has 0 radical (unpaired) electrons. The Morgan fingerprint density at radius 2 is 1.17 bits per heavy atom. The summed E-state index contributed by atoms with van der Waals surface area (Å²) in [5.41, 5.74) is 12.8. The third-order valence-electron chi connectivity index (χ3n) is 12.7. The van der Waals surface area contributed by atoms with E-state index in [0.717, 1.165) is 55.9 Å². The van der Waals surface area contributed by atoms with E-state index < -0.39 is 0 Å². The molecule has 5 nitrogen and oxygen atoms in total. The molecule has 0 bridgehead atoms. The van der Waals surface area contributed by atoms with Crippen LogP contribution in [0.2, 0.25) is 0 Å². The van der Waals surface area contributed by atoms with Crippen LogP contribution < -0.4 is 14.5 Å². The van der Waals surface area contributed by atoms with Crippen LogP contribution >= 0.6 is 0 Å². The molecule has 0 fully saturated rings. The summed E-state index contributed by atoms with van der Waals surface area (Å²) in [6.45, 7) is 20.3. The van der Waals surface area contributed by atoms with Crippen molar-refractivity contribution in [3.8, 4) is 28.4 Å². The molecule has 0 saturated heterocycles. The monoisotopic (exact) mass is 1030 g/mol. The van der Waals surface area contributed by atoms with Crippen molar-refractivity contribution in [3.05, 3.63) is 211 Å². The van der Waals surface area contributed by atoms with E-state index in [9.17, 15) is 0 Å². The molecule has 6 heteroatoms. The normalized spacial score (nSPS) is 13.0. The second-order valence-corrected chi connectivity index (χ2v) is 19.5. The molecule has 2 aromatic heterocycles. The van der Waals surface area contributed by atoms with Gasteiger partial charge in [-0.15, -0.1) is 53.6 Å². The van der Waals surface area contributed by atoms with Gasteiger partial charge in [0.25, 0.3) is 0 Å². The van der Waals surface area contributed by atoms with Crippen molar-refractivity contribution in [2.24, 2.45) is 0 Å². The van der Waals surface area contributed by atoms with Gasteiger partial charge in [0, 0.05) is 61.3 Å². The minimum absolute atomic E-state index is 0. The maximum atomic E-state index is 6.94. The molecule has 0 saturated carbocycles. The standard InChI is InChI=1S/C59H53N4O.Pt/c1-57(2,3)43-29-30-60-56(36-43)63-52-24-16-15-23-50(52)51-28-27-48(38-55(51)63)64-49-35-45(59(7,8)42-21-13-10-14-22-42)34-47(37-49)62-39-61(53-25-17-18-26-54(53)62)46-32-41(40-19-11-9-12-20-40)31-44(33-46)58(4,5)6;/h9-36,39H,1-8H3;/q-3;. The van der Waals surface area contributed by atoms with Crippen LogP contribution in [0.25, 0.3) is 38.8 Å². The van der Waals surface area contributed by atoms with Gasteiger partial charge in [0.05, 0.1) is 0 Å². The Labute approximate surface area is 398 Å². The maximum Gasteiger partial charge on any atom is 0.135 e. The van der Waals surface area contributed by atoms with E-state index in [2.05, 4.69) is 246 Å². The largest absolute Gasteiger partial charge is 0.509 e. The molecule has 0 atom stereocenters. The molecule has 10 rings (SSSR count). The Morgan fingerprint density at radius 3 is 1.89 bits per heavy atom. The van der Waals surface area contributed by atoms with Crippen molar-refractivity contribution < 1.29 is 25.8 Å². The first-order valence-corrected chi connectivity index (χ1v) is 22.2. The summed E-state index contributed by atoms with van der Waals surface area (Å²) in [6, 6.07) is 65.7. The van der Waals surface area contributed by atoms with Crippen LogP contribution in [0.1, 0.15) is 77.6 Å². The van der Waals surface area contributed by atoms with Gasteiger partial charge in [-0.2, -0.15) is 6.07 Å². The topological polar surface area (TPSA) is 33.5 Å². The van der Waals surface area contributed by atoms with Crippen LogP contribution in [0.5, 0.6) is 11.5 Å². The zero-order chi connectivity index (χ0) is 44.4. The molecule has 1 aliphatic heterocycles. The fourth-order valence-corrected chi connectivity index (χ4v) is 8.88. The first kappa shape index (κ1) is 43.8. The number of pyridine rings is 1. The van der Waals surface area contributed by atoms with Gasteiger partial charge < -0.3 is 19.1 Å². The van der Waals surface area contributed by atoms with Crippen molar-refractivity contribution >= 4 is 44.6 Å². The number of para-hydroxylation sites is 3. The van der Waals surface area contributed by atoms with Crippen molar-refractivity contribution in [3.63, 3.8) is 0 Å². The smallest absolute Gasteiger partial charge is 0.135 e. The molecule has 65 heavy (non-hydrogen) atoms. The molecule has 0 aliphatic carbocycles. The fourth-order valence-electron chi connectivity index (χ4n) is 8.88. The van der Waals surface area contributed by atoms with E-state index in [1.165, 1.54) is 27.8 Å². The third kappa shape index (κ3) is 8.28. The number of ether oxygens (including phenoxy) is 1. The average molecular weight is 1030 g/mol. The molecular formula is C59H53N4OPt-3. The first-order valence-electron chi connectivity index (χ1n) is 22.2. The predicted octanol–water partition coefficient (Wildman–Crippen LogP) is 15.6. The predicted molar refractivity (Wildman–Crippen MR) is 266 cm³/mol. The van der Waals surface area contributed by atoms with E-state index >= 15 is 0 Å². The SMILES string of the molecule is CC(C)(C)c1cc(-c2ccccc2)cc(N2[CH-]N(c3[c-]c(Oc4[c-]c5c(cc4)c4ccccc4n5-c4cc(C(C)(C)C)ccn4)cc(C(C)(C)c4ccccc4)c3)c3ccccc32)c1.[Pt]. The van der Waals surface area contributed by atoms with Crippen molar-refractivity contribution in [2.75, 3.05) is 9.80 Å². The van der Waals surface area contributed by atoms with E-state index in [-0.39, 0.29) is 37.3 Å². The maximum absolute atomic E-state index is 6.94. The number of benzene rings is 7. The Kier molecular flexibility index (Phi) is 11.4. The third-order valence-corrected chi connectivity index (χ3v) is 12.7. The van der Waals surface area contributed by atoms with Gasteiger partial charge >= 0.3 is 0 Å². The van der Waals surface area contributed by atoms with Gasteiger partial charge in [-0.1, -0.05) is 158 Å². The van der Waals surface area contributed by atoms with Crippen molar-refractivity contribution in [1.29, 1.82) is 0 Å². The van der Waals surface area contributed by atoms with E-state index in [1.54, 1.807) is 0 Å². The Morgan fingerprint density at radius 1 is 0.508 bits per heavy atom. The first-order chi connectivity index (χ1) is 30.7. The van der Waals surface area contributed by atoms with Gasteiger partial charge in [0.15, 0.2) is 0 Å². The summed E-state index contributed by atoms with van der Waals surface area (Å²) in [5, 5.41) is 2.23. The van der Waals surface area contributed by atoms with Gasteiger partial charge in [-0.05, 0) is 91.9 Å². The van der Waals surface area contributed by atoms with Gasteiger partial charge in [-0.3, -0.25) is 0 Å². The quantitative estimate of drug-likeness (QED) is 0.142. The number of fused-ring (bicyclic) bond motifs is 4. The van der Waals surface area contributed by atoms with Crippen LogP contribution in [-0.2, 0) is 37.3 Å². The zero-order valence-electron chi connectivity index (χ0n) is 38.3. The van der Waals surface area contributed by atoms with Crippen LogP contribution in [-0.4, -0.2) is 9.55 Å². The van der Waals surface area contributed by atoms with Crippen LogP contribution in [0.4, 0.5) is 22.7 Å². The number of rotatable bonds is 8. The summed E-state index contributed by atoms with van der Waals surface area (Å²) in [6.07, 6.45) is 1.91. The van der Waals surface area contributed by atoms with Gasteiger partial charge in [0.1, 0.15) is 5.82 Å². The summed E-state index contributed by atoms with van der Waals surface area (Å²) in [5.74, 6) is 2.05. The molecule has 0 unspecified atom stereocenters. The number of anilines is 4. The fraction of sp³-hybridized carbons (Fsp3) is 0.186. The van der Waals surface area contributed by atoms with Crippen molar-refractivity contribution in [1.82, 2.24) is 9.55 Å². The number of nitrogens with zero attached hydrogens (tertiary/aromatic N) is 4. The van der Waals surface area contributed by atoms with Crippen molar-refractivity contribution in [2.45, 2.75) is 71.6 Å². The van der Waals surface area contributed by atoms with E-state index in [4.69, 9.17) is 9.72 Å². The number of hydrogen-bond acceptors (Lipinski definition) is 4. The van der Waals surface area contributed by atoms with Gasteiger partial charge in [-0.25, -0.2) is 4.98 Å². The molecule has 0 amide bonds. The molecular weight excluding hydrogens is 976 g/mol. The van der Waals surface area contributed by atoms with Gasteiger partial charge in [0.2, 0.25) is 0 Å². The summed E-state index contributed by atoms with van der Waals surface area (Å²) >= 11 is 0.